The first-order chi connectivity index (χ1) is 23.1. The molecule has 48 heavy (non-hydrogen) atoms. The van der Waals surface area contributed by atoms with Crippen molar-refractivity contribution < 1.29 is 33.3 Å². The predicted molar refractivity (Wildman–Crippen MR) is 172 cm³/mol. The van der Waals surface area contributed by atoms with E-state index in [4.69, 9.17) is 42.1 Å². The number of hydrogen-bond donors (Lipinski definition) is 0. The van der Waals surface area contributed by atoms with Crippen LogP contribution in [0.15, 0.2) is 107 Å². The number of hydrogen-bond acceptors (Lipinski definition) is 10. The maximum Gasteiger partial charge on any atom is 0.338 e. The van der Waals surface area contributed by atoms with Crippen molar-refractivity contribution in [1.29, 1.82) is 0 Å². The Balaban J connectivity index is 1.49. The Kier molecular flexibility index (Phi) is 9.40. The Morgan fingerprint density at radius 3 is 1.79 bits per heavy atom. The van der Waals surface area contributed by atoms with Crippen molar-refractivity contribution in [3.05, 3.63) is 150 Å². The molecule has 0 unspecified atom stereocenters. The van der Waals surface area contributed by atoms with Gasteiger partial charge in [-0.1, -0.05) is 77.8 Å². The van der Waals surface area contributed by atoms with Crippen molar-refractivity contribution in [2.24, 2.45) is 0 Å². The van der Waals surface area contributed by atoms with Crippen LogP contribution in [0, 0.1) is 6.92 Å². The molecule has 1 aliphatic rings. The van der Waals surface area contributed by atoms with Crippen LogP contribution in [0.25, 0.3) is 5.65 Å². The zero-order chi connectivity index (χ0) is 33.9. The Morgan fingerprint density at radius 1 is 0.750 bits per heavy atom. The summed E-state index contributed by atoms with van der Waals surface area (Å²) < 4.78 is 25.9. The van der Waals surface area contributed by atoms with Crippen LogP contribution >= 0.6 is 23.2 Å². The minimum Gasteiger partial charge on any atom is -0.459 e. The number of nitrogens with zero attached hydrogens (tertiary/aromatic N) is 3. The molecule has 1 saturated heterocycles. The van der Waals surface area contributed by atoms with Crippen molar-refractivity contribution >= 4 is 46.8 Å². The number of carbonyl (C=O) groups is 3. The highest BCUT2D eigenvalue weighted by Crippen LogP contribution is 2.36. The third-order valence-electron chi connectivity index (χ3n) is 7.50. The minimum absolute atomic E-state index is 0.149. The number of esters is 3. The summed E-state index contributed by atoms with van der Waals surface area (Å²) in [4.78, 5) is 70.0. The van der Waals surface area contributed by atoms with Crippen LogP contribution in [0.2, 0.25) is 10.0 Å². The summed E-state index contributed by atoms with van der Waals surface area (Å²) >= 11 is 12.7. The third-order valence-corrected chi connectivity index (χ3v) is 8.31. The number of benzene rings is 3. The van der Waals surface area contributed by atoms with Crippen molar-refractivity contribution in [2.75, 3.05) is 6.61 Å². The van der Waals surface area contributed by atoms with E-state index in [1.54, 1.807) is 66.7 Å². The molecule has 4 atom stereocenters. The number of ether oxygens (including phenoxy) is 4. The lowest BCUT2D eigenvalue weighted by atomic mass is 10.1. The van der Waals surface area contributed by atoms with Crippen LogP contribution in [-0.2, 0) is 18.9 Å². The van der Waals surface area contributed by atoms with Gasteiger partial charge in [0, 0.05) is 11.8 Å². The fraction of sp³-hybridized carbons (Fsp3) is 0.176. The van der Waals surface area contributed by atoms with E-state index in [0.717, 1.165) is 10.7 Å². The summed E-state index contributed by atoms with van der Waals surface area (Å²) in [5.41, 5.74) is -0.970. The first kappa shape index (κ1) is 32.6. The molecule has 0 bridgehead atoms. The first-order valence-corrected chi connectivity index (χ1v) is 15.3. The molecule has 0 aliphatic carbocycles. The van der Waals surface area contributed by atoms with E-state index in [9.17, 15) is 24.0 Å². The Hall–Kier alpha value is -5.30. The topological polar surface area (TPSA) is 145 Å². The number of carbonyl (C=O) groups excluding carboxylic acids is 3. The maximum atomic E-state index is 13.8. The van der Waals surface area contributed by atoms with Crippen molar-refractivity contribution in [1.82, 2.24) is 14.2 Å². The van der Waals surface area contributed by atoms with Crippen LogP contribution in [-0.4, -0.2) is 57.0 Å². The molecule has 6 rings (SSSR count). The standard InChI is InChI=1S/C34H25Cl2N3O9/c1-19-17-24(40)37-29-25(35)26(36)30(41)39(38(19)29)31-28(48-34(44)22-15-9-4-10-16-22)27(47-33(43)21-13-7-3-8-14-21)23(46-31)18-45-32(42)20-11-5-2-6-12-20/h2-17,23,27-28,31H,18H2,1H3/t23-,27-,28-,31-/m1/s1. The molecule has 0 amide bonds. The van der Waals surface area contributed by atoms with Crippen LogP contribution in [0.4, 0.5) is 0 Å². The van der Waals surface area contributed by atoms with Gasteiger partial charge in [-0.25, -0.2) is 23.6 Å². The minimum atomic E-state index is -1.57. The predicted octanol–water partition coefficient (Wildman–Crippen LogP) is 4.68. The van der Waals surface area contributed by atoms with Crippen LogP contribution < -0.4 is 11.1 Å². The molecule has 0 spiro atoms. The fourth-order valence-corrected chi connectivity index (χ4v) is 5.65. The van der Waals surface area contributed by atoms with Crippen molar-refractivity contribution in [3.63, 3.8) is 0 Å². The number of fused-ring (bicyclic) bond motifs is 1. The van der Waals surface area contributed by atoms with E-state index in [2.05, 4.69) is 4.98 Å². The lowest BCUT2D eigenvalue weighted by Gasteiger charge is -2.26. The SMILES string of the molecule is Cc1cc(=O)nc2c(Cl)c(Cl)c(=O)n([C@@H]3O[C@H](COC(=O)c4ccccc4)[C@@H](OC(=O)c4ccccc4)[C@H]3OC(=O)c3ccccc3)n12. The summed E-state index contributed by atoms with van der Waals surface area (Å²) in [6, 6.07) is 25.3. The molecule has 0 radical (unpaired) electrons. The number of aromatic nitrogens is 3. The van der Waals surface area contributed by atoms with Gasteiger partial charge in [0.1, 0.15) is 22.8 Å². The van der Waals surface area contributed by atoms with Gasteiger partial charge < -0.3 is 18.9 Å². The molecular weight excluding hydrogens is 665 g/mol. The number of rotatable bonds is 8. The Bertz CT molecular complexity index is 2120. The van der Waals surface area contributed by atoms with E-state index in [0.29, 0.717) is 0 Å². The Morgan fingerprint density at radius 2 is 1.25 bits per heavy atom. The monoisotopic (exact) mass is 689 g/mol. The largest absolute Gasteiger partial charge is 0.459 e. The zero-order valence-electron chi connectivity index (χ0n) is 25.0. The summed E-state index contributed by atoms with van der Waals surface area (Å²) in [6.07, 6.45) is -5.84. The Labute approximate surface area is 281 Å². The highest BCUT2D eigenvalue weighted by molar-refractivity contribution is 6.43. The van der Waals surface area contributed by atoms with Gasteiger partial charge in [-0.05, 0) is 43.3 Å². The second-order valence-electron chi connectivity index (χ2n) is 10.7. The fourth-order valence-electron chi connectivity index (χ4n) is 5.27. The molecule has 5 aromatic rings. The van der Waals surface area contributed by atoms with E-state index in [-0.39, 0.29) is 33.1 Å². The highest BCUT2D eigenvalue weighted by atomic mass is 35.5. The second kappa shape index (κ2) is 13.8. The van der Waals surface area contributed by atoms with Gasteiger partial charge in [0.2, 0.25) is 0 Å². The van der Waals surface area contributed by atoms with E-state index >= 15 is 0 Å². The summed E-state index contributed by atoms with van der Waals surface area (Å²) in [5, 5.41) is -0.794. The van der Waals surface area contributed by atoms with E-state index < -0.39 is 65.2 Å². The molecule has 0 N–H and O–H groups in total. The number of halogens is 2. The lowest BCUT2D eigenvalue weighted by Crippen LogP contribution is -2.43. The van der Waals surface area contributed by atoms with E-state index in [1.165, 1.54) is 35.7 Å². The molecule has 1 aliphatic heterocycles. The van der Waals surface area contributed by atoms with Gasteiger partial charge in [0.15, 0.2) is 24.1 Å². The molecule has 14 heteroatoms. The highest BCUT2D eigenvalue weighted by Gasteiger charge is 2.52. The average Bonchev–Trinajstić information content (AvgIpc) is 3.43. The third kappa shape index (κ3) is 6.45. The molecule has 244 valence electrons. The van der Waals surface area contributed by atoms with Gasteiger partial charge in [0.25, 0.3) is 11.1 Å². The smallest absolute Gasteiger partial charge is 0.338 e. The van der Waals surface area contributed by atoms with Gasteiger partial charge in [-0.15, -0.1) is 0 Å². The molecular formula is C34H25Cl2N3O9. The molecule has 1 fully saturated rings. The van der Waals surface area contributed by atoms with Gasteiger partial charge >= 0.3 is 17.9 Å². The summed E-state index contributed by atoms with van der Waals surface area (Å²) in [7, 11) is 0. The average molecular weight is 690 g/mol. The summed E-state index contributed by atoms with van der Waals surface area (Å²) in [6.45, 7) is 1.03. The van der Waals surface area contributed by atoms with Crippen molar-refractivity contribution in [3.8, 4) is 0 Å². The molecule has 12 nitrogen and oxygen atoms in total. The van der Waals surface area contributed by atoms with Crippen molar-refractivity contribution in [2.45, 2.75) is 31.5 Å². The normalized spacial score (nSPS) is 18.7. The molecule has 0 saturated carbocycles. The molecule has 3 heterocycles. The maximum absolute atomic E-state index is 13.8. The molecule has 2 aromatic heterocycles. The lowest BCUT2D eigenvalue weighted by molar-refractivity contribution is -0.0710. The van der Waals surface area contributed by atoms with Crippen LogP contribution in [0.1, 0.15) is 43.0 Å². The number of aryl methyl sites for hydroxylation is 1. The zero-order valence-corrected chi connectivity index (χ0v) is 26.5. The van der Waals surface area contributed by atoms with Crippen LogP contribution in [0.3, 0.4) is 0 Å². The first-order valence-electron chi connectivity index (χ1n) is 14.5. The summed E-state index contributed by atoms with van der Waals surface area (Å²) in [5.74, 6) is -2.35. The van der Waals surface area contributed by atoms with Gasteiger partial charge in [-0.2, -0.15) is 4.98 Å². The quantitative estimate of drug-likeness (QED) is 0.166. The van der Waals surface area contributed by atoms with Gasteiger partial charge in [0.05, 0.1) is 16.7 Å². The molecule has 3 aromatic carbocycles. The van der Waals surface area contributed by atoms with Gasteiger partial charge in [-0.3, -0.25) is 9.59 Å². The van der Waals surface area contributed by atoms with Crippen LogP contribution in [0.5, 0.6) is 0 Å². The van der Waals surface area contributed by atoms with E-state index in [1.807, 2.05) is 0 Å². The second-order valence-corrected chi connectivity index (χ2v) is 11.4.